The summed E-state index contributed by atoms with van der Waals surface area (Å²) in [7, 11) is 0. The molecule has 1 heterocycles. The number of carboxylic acids is 1. The Balaban J connectivity index is 2.66. The maximum absolute atomic E-state index is 11.9. The van der Waals surface area contributed by atoms with Crippen LogP contribution in [0.1, 0.15) is 30.7 Å². The molecule has 9 heteroatoms. The molecule has 1 unspecified atom stereocenters. The van der Waals surface area contributed by atoms with Crippen LogP contribution in [0, 0.1) is 24.0 Å². The Morgan fingerprint density at radius 3 is 2.65 bits per heavy atom. The van der Waals surface area contributed by atoms with Crippen molar-refractivity contribution in [3.8, 4) is 0 Å². The Bertz CT molecular complexity index is 623. The van der Waals surface area contributed by atoms with E-state index in [1.807, 2.05) is 0 Å². The van der Waals surface area contributed by atoms with E-state index in [1.165, 1.54) is 11.6 Å². The van der Waals surface area contributed by atoms with Crippen molar-refractivity contribution in [2.24, 2.45) is 0 Å². The SMILES string of the molecule is C=CCCC(NC(=O)CCn1nc(C)c([N+](=O)[O-])c1C)C(=O)O. The van der Waals surface area contributed by atoms with E-state index in [9.17, 15) is 19.7 Å². The average Bonchev–Trinajstić information content (AvgIpc) is 2.75. The van der Waals surface area contributed by atoms with E-state index in [2.05, 4.69) is 17.0 Å². The highest BCUT2D eigenvalue weighted by atomic mass is 16.6. The number of aromatic nitrogens is 2. The van der Waals surface area contributed by atoms with Crippen LogP contribution in [0.2, 0.25) is 0 Å². The molecule has 0 aliphatic carbocycles. The monoisotopic (exact) mass is 324 g/mol. The van der Waals surface area contributed by atoms with E-state index < -0.39 is 22.8 Å². The second-order valence-electron chi connectivity index (χ2n) is 5.07. The molecule has 126 valence electrons. The molecule has 0 saturated carbocycles. The molecule has 0 aromatic carbocycles. The van der Waals surface area contributed by atoms with E-state index in [-0.39, 0.29) is 30.8 Å². The van der Waals surface area contributed by atoms with Gasteiger partial charge in [-0.15, -0.1) is 6.58 Å². The number of carbonyl (C=O) groups excluding carboxylic acids is 1. The lowest BCUT2D eigenvalue weighted by Gasteiger charge is -2.13. The number of carboxylic acid groups (broad SMARTS) is 1. The van der Waals surface area contributed by atoms with Crippen molar-refractivity contribution in [2.75, 3.05) is 0 Å². The molecular formula is C14H20N4O5. The molecule has 1 rings (SSSR count). The highest BCUT2D eigenvalue weighted by Gasteiger charge is 2.23. The summed E-state index contributed by atoms with van der Waals surface area (Å²) in [5.74, 6) is -1.56. The zero-order valence-electron chi connectivity index (χ0n) is 13.1. The second kappa shape index (κ2) is 8.06. The molecule has 0 radical (unpaired) electrons. The lowest BCUT2D eigenvalue weighted by Crippen LogP contribution is -2.41. The largest absolute Gasteiger partial charge is 0.480 e. The van der Waals surface area contributed by atoms with Crippen LogP contribution < -0.4 is 5.32 Å². The molecule has 0 spiro atoms. The van der Waals surface area contributed by atoms with Crippen molar-refractivity contribution >= 4 is 17.6 Å². The molecule has 9 nitrogen and oxygen atoms in total. The molecular weight excluding hydrogens is 304 g/mol. The molecule has 0 aliphatic rings. The molecule has 1 amide bonds. The van der Waals surface area contributed by atoms with Crippen molar-refractivity contribution in [3.63, 3.8) is 0 Å². The van der Waals surface area contributed by atoms with Gasteiger partial charge in [0.1, 0.15) is 17.4 Å². The normalized spacial score (nSPS) is 11.7. The number of aliphatic carboxylic acids is 1. The van der Waals surface area contributed by atoms with Gasteiger partial charge in [-0.05, 0) is 26.7 Å². The van der Waals surface area contributed by atoms with Crippen LogP contribution in [0.25, 0.3) is 0 Å². The van der Waals surface area contributed by atoms with Gasteiger partial charge in [0, 0.05) is 6.42 Å². The lowest BCUT2D eigenvalue weighted by atomic mass is 10.1. The summed E-state index contributed by atoms with van der Waals surface area (Å²) in [4.78, 5) is 33.3. The first kappa shape index (κ1) is 18.3. The van der Waals surface area contributed by atoms with Gasteiger partial charge in [-0.1, -0.05) is 6.08 Å². The van der Waals surface area contributed by atoms with Gasteiger partial charge < -0.3 is 10.4 Å². The maximum atomic E-state index is 11.9. The number of nitro groups is 1. The van der Waals surface area contributed by atoms with E-state index in [0.29, 0.717) is 12.1 Å². The number of nitrogens with zero attached hydrogens (tertiary/aromatic N) is 3. The van der Waals surface area contributed by atoms with Crippen molar-refractivity contribution in [2.45, 2.75) is 45.7 Å². The Morgan fingerprint density at radius 2 is 2.17 bits per heavy atom. The number of amides is 1. The molecule has 0 fully saturated rings. The topological polar surface area (TPSA) is 127 Å². The summed E-state index contributed by atoms with van der Waals surface area (Å²) >= 11 is 0. The first-order valence-corrected chi connectivity index (χ1v) is 7.09. The van der Waals surface area contributed by atoms with Gasteiger partial charge in [0.05, 0.1) is 11.5 Å². The number of allylic oxidation sites excluding steroid dienone is 1. The Kier molecular flexibility index (Phi) is 6.43. The Hall–Kier alpha value is -2.71. The Morgan fingerprint density at radius 1 is 1.52 bits per heavy atom. The molecule has 1 aromatic heterocycles. The van der Waals surface area contributed by atoms with Gasteiger partial charge >= 0.3 is 11.7 Å². The van der Waals surface area contributed by atoms with Gasteiger partial charge in [-0.2, -0.15) is 5.10 Å². The van der Waals surface area contributed by atoms with Crippen LogP contribution in [0.5, 0.6) is 0 Å². The van der Waals surface area contributed by atoms with Crippen LogP contribution in [-0.4, -0.2) is 37.7 Å². The minimum Gasteiger partial charge on any atom is -0.480 e. The van der Waals surface area contributed by atoms with Crippen molar-refractivity contribution in [3.05, 3.63) is 34.2 Å². The molecule has 0 bridgehead atoms. The first-order valence-electron chi connectivity index (χ1n) is 7.09. The molecule has 1 atom stereocenters. The molecule has 0 saturated heterocycles. The minimum atomic E-state index is -1.11. The highest BCUT2D eigenvalue weighted by Crippen LogP contribution is 2.21. The van der Waals surface area contributed by atoms with Crippen molar-refractivity contribution in [1.82, 2.24) is 15.1 Å². The maximum Gasteiger partial charge on any atom is 0.326 e. The summed E-state index contributed by atoms with van der Waals surface area (Å²) in [6, 6.07) is -0.977. The number of carbonyl (C=O) groups is 2. The van der Waals surface area contributed by atoms with Gasteiger partial charge in [0.2, 0.25) is 5.91 Å². The van der Waals surface area contributed by atoms with Gasteiger partial charge in [0.25, 0.3) is 0 Å². The summed E-state index contributed by atoms with van der Waals surface area (Å²) in [6.07, 6.45) is 2.30. The second-order valence-corrected chi connectivity index (χ2v) is 5.07. The molecule has 1 aromatic rings. The highest BCUT2D eigenvalue weighted by molar-refractivity contribution is 5.83. The summed E-state index contributed by atoms with van der Waals surface area (Å²) in [5.41, 5.74) is 0.573. The number of hydrogen-bond acceptors (Lipinski definition) is 5. The number of rotatable bonds is 9. The fourth-order valence-corrected chi connectivity index (χ4v) is 2.19. The van der Waals surface area contributed by atoms with Crippen molar-refractivity contribution in [1.29, 1.82) is 0 Å². The first-order chi connectivity index (χ1) is 10.8. The third-order valence-corrected chi connectivity index (χ3v) is 3.37. The lowest BCUT2D eigenvalue weighted by molar-refractivity contribution is -0.386. The zero-order valence-corrected chi connectivity index (χ0v) is 13.1. The number of hydrogen-bond donors (Lipinski definition) is 2. The third kappa shape index (κ3) is 4.90. The predicted molar refractivity (Wildman–Crippen MR) is 82.0 cm³/mol. The molecule has 2 N–H and O–H groups in total. The minimum absolute atomic E-state index is 0.0169. The Labute approximate surface area is 133 Å². The average molecular weight is 324 g/mol. The molecule has 23 heavy (non-hydrogen) atoms. The quantitative estimate of drug-likeness (QED) is 0.401. The van der Waals surface area contributed by atoms with Gasteiger partial charge in [-0.3, -0.25) is 19.6 Å². The number of nitrogens with one attached hydrogen (secondary N) is 1. The zero-order chi connectivity index (χ0) is 17.6. The van der Waals surface area contributed by atoms with E-state index in [1.54, 1.807) is 13.0 Å². The van der Waals surface area contributed by atoms with Crippen LogP contribution in [0.3, 0.4) is 0 Å². The summed E-state index contributed by atoms with van der Waals surface area (Å²) in [6.45, 7) is 6.73. The smallest absolute Gasteiger partial charge is 0.326 e. The van der Waals surface area contributed by atoms with Crippen molar-refractivity contribution < 1.29 is 19.6 Å². The van der Waals surface area contributed by atoms with Crippen LogP contribution in [0.15, 0.2) is 12.7 Å². The van der Waals surface area contributed by atoms with E-state index in [0.717, 1.165) is 0 Å². The third-order valence-electron chi connectivity index (χ3n) is 3.37. The standard InChI is InChI=1S/C14H20N4O5/c1-4-5-6-11(14(20)21)15-12(19)7-8-17-10(3)13(18(22)23)9(2)16-17/h4,11H,1,5-8H2,2-3H3,(H,15,19)(H,20,21). The van der Waals surface area contributed by atoms with Crippen LogP contribution in [0.4, 0.5) is 5.69 Å². The van der Waals surface area contributed by atoms with Crippen LogP contribution in [-0.2, 0) is 16.1 Å². The van der Waals surface area contributed by atoms with E-state index in [4.69, 9.17) is 5.11 Å². The number of aryl methyl sites for hydroxylation is 2. The van der Waals surface area contributed by atoms with Gasteiger partial charge in [-0.25, -0.2) is 4.79 Å². The van der Waals surface area contributed by atoms with E-state index >= 15 is 0 Å². The molecule has 0 aliphatic heterocycles. The fraction of sp³-hybridized carbons (Fsp3) is 0.500. The predicted octanol–water partition coefficient (Wildman–Crippen LogP) is 1.33. The summed E-state index contributed by atoms with van der Waals surface area (Å²) < 4.78 is 1.38. The van der Waals surface area contributed by atoms with Crippen LogP contribution >= 0.6 is 0 Å². The van der Waals surface area contributed by atoms with Gasteiger partial charge in [0.15, 0.2) is 0 Å². The fourth-order valence-electron chi connectivity index (χ4n) is 2.19. The summed E-state index contributed by atoms with van der Waals surface area (Å²) in [5, 5.41) is 26.4.